The van der Waals surface area contributed by atoms with Gasteiger partial charge >= 0.3 is 0 Å². The zero-order valence-corrected chi connectivity index (χ0v) is 19.6. The van der Waals surface area contributed by atoms with E-state index in [1.165, 1.54) is 12.1 Å². The zero-order valence-electron chi connectivity index (χ0n) is 18.0. The molecule has 1 unspecified atom stereocenters. The maximum Gasteiger partial charge on any atom is 0.248 e. The van der Waals surface area contributed by atoms with E-state index in [1.807, 2.05) is 19.2 Å². The largest absolute Gasteiger partial charge is 0.464 e. The van der Waals surface area contributed by atoms with Gasteiger partial charge in [-0.15, -0.1) is 0 Å². The molecule has 12 heteroatoms. The number of amides is 1. The van der Waals surface area contributed by atoms with Crippen molar-refractivity contribution >= 4 is 33.7 Å². The van der Waals surface area contributed by atoms with E-state index in [9.17, 15) is 18.3 Å². The van der Waals surface area contributed by atoms with Crippen molar-refractivity contribution in [3.8, 4) is 0 Å². The van der Waals surface area contributed by atoms with E-state index in [0.29, 0.717) is 35.7 Å². The Morgan fingerprint density at radius 1 is 1.22 bits per heavy atom. The number of carbonyl (C=O) groups excluding carboxylic acids is 1. The van der Waals surface area contributed by atoms with Crippen LogP contribution in [0, 0.1) is 0 Å². The highest BCUT2D eigenvalue weighted by Gasteiger charge is 2.12. The third-order valence-electron chi connectivity index (χ3n) is 4.14. The first-order valence-corrected chi connectivity index (χ1v) is 12.9. The second kappa shape index (κ2) is 12.5. The molecule has 0 spiro atoms. The lowest BCUT2D eigenvalue weighted by atomic mass is 10.1. The number of hydrogen-bond acceptors (Lipinski definition) is 8. The van der Waals surface area contributed by atoms with Crippen LogP contribution in [0.4, 0.5) is 0 Å². The molecule has 1 aromatic carbocycles. The van der Waals surface area contributed by atoms with Crippen LogP contribution < -0.4 is 21.1 Å². The molecular formula is C20H29N5O5S2. The second-order valence-electron chi connectivity index (χ2n) is 6.94. The summed E-state index contributed by atoms with van der Waals surface area (Å²) in [4.78, 5) is 15.4. The number of guanidine groups is 1. The van der Waals surface area contributed by atoms with Crippen LogP contribution in [0.3, 0.4) is 0 Å². The minimum Gasteiger partial charge on any atom is -0.464 e. The minimum atomic E-state index is -3.54. The van der Waals surface area contributed by atoms with Gasteiger partial charge in [-0.1, -0.05) is 12.1 Å². The minimum absolute atomic E-state index is 0.0189. The van der Waals surface area contributed by atoms with Crippen LogP contribution in [0.2, 0.25) is 0 Å². The number of furan rings is 1. The highest BCUT2D eigenvalue weighted by Crippen LogP contribution is 2.15. The van der Waals surface area contributed by atoms with Crippen molar-refractivity contribution < 1.29 is 22.7 Å². The molecule has 0 bridgehead atoms. The number of carbonyl (C=O) groups is 1. The zero-order chi connectivity index (χ0) is 23.6. The Bertz CT molecular complexity index is 1010. The number of aliphatic hydroxyl groups excluding tert-OH is 1. The molecule has 10 nitrogen and oxygen atoms in total. The van der Waals surface area contributed by atoms with Gasteiger partial charge in [-0.3, -0.25) is 14.5 Å². The van der Waals surface area contributed by atoms with Gasteiger partial charge in [0.15, 0.2) is 0 Å². The summed E-state index contributed by atoms with van der Waals surface area (Å²) < 4.78 is 31.2. The molecule has 6 N–H and O–H groups in total. The van der Waals surface area contributed by atoms with Crippen LogP contribution in [0.25, 0.3) is 0 Å². The van der Waals surface area contributed by atoms with Gasteiger partial charge in [0, 0.05) is 17.9 Å². The summed E-state index contributed by atoms with van der Waals surface area (Å²) in [7, 11) is -1.69. The Balaban J connectivity index is 1.86. The molecule has 32 heavy (non-hydrogen) atoms. The number of thioether (sulfide) groups is 1. The number of rotatable bonds is 12. The number of sulfonamides is 1. The van der Waals surface area contributed by atoms with Crippen molar-refractivity contribution in [1.82, 2.24) is 15.4 Å². The fourth-order valence-corrected chi connectivity index (χ4v) is 3.85. The lowest BCUT2D eigenvalue weighted by molar-refractivity contribution is 0.1000. The van der Waals surface area contributed by atoms with Gasteiger partial charge in [0.1, 0.15) is 11.5 Å². The molecule has 0 radical (unpaired) electrons. The summed E-state index contributed by atoms with van der Waals surface area (Å²) >= 11 is 1.61. The molecule has 1 atom stereocenters. The van der Waals surface area contributed by atoms with Gasteiger partial charge in [0.2, 0.25) is 21.9 Å². The van der Waals surface area contributed by atoms with Gasteiger partial charge < -0.3 is 25.9 Å². The molecule has 0 fully saturated rings. The number of primary amides is 1. The van der Waals surface area contributed by atoms with E-state index >= 15 is 0 Å². The van der Waals surface area contributed by atoms with Gasteiger partial charge in [0.25, 0.3) is 0 Å². The van der Waals surface area contributed by atoms with Crippen LogP contribution in [0.5, 0.6) is 0 Å². The molecule has 176 valence electrons. The molecule has 0 saturated heterocycles. The molecular weight excluding hydrogens is 454 g/mol. The molecule has 1 heterocycles. The van der Waals surface area contributed by atoms with Crippen molar-refractivity contribution in [3.05, 3.63) is 59.0 Å². The van der Waals surface area contributed by atoms with Crippen molar-refractivity contribution in [1.29, 1.82) is 0 Å². The lowest BCUT2D eigenvalue weighted by Crippen LogP contribution is -2.42. The number of nitrogens with zero attached hydrogens (tertiary/aromatic N) is 1. The molecule has 0 saturated carbocycles. The maximum atomic E-state index is 11.6. The number of benzene rings is 1. The number of aliphatic imine (C=N–C) groups is 1. The number of nitrogens with two attached hydrogens (primary N) is 1. The molecule has 1 aromatic heterocycles. The number of aliphatic hydroxyl groups is 1. The van der Waals surface area contributed by atoms with E-state index in [-0.39, 0.29) is 12.5 Å². The van der Waals surface area contributed by atoms with E-state index in [2.05, 4.69) is 20.3 Å². The summed E-state index contributed by atoms with van der Waals surface area (Å²) in [6.07, 6.45) is 0.0843. The van der Waals surface area contributed by atoms with Crippen molar-refractivity contribution in [2.45, 2.75) is 18.4 Å². The quantitative estimate of drug-likeness (QED) is 0.166. The molecule has 2 rings (SSSR count). The predicted molar refractivity (Wildman–Crippen MR) is 126 cm³/mol. The Labute approximate surface area is 192 Å². The predicted octanol–water partition coefficient (Wildman–Crippen LogP) is 0.560. The Morgan fingerprint density at radius 2 is 1.91 bits per heavy atom. The van der Waals surface area contributed by atoms with Crippen molar-refractivity contribution in [2.75, 3.05) is 32.1 Å². The first kappa shape index (κ1) is 25.7. The Morgan fingerprint density at radius 3 is 2.53 bits per heavy atom. The van der Waals surface area contributed by atoms with Crippen LogP contribution in [-0.4, -0.2) is 57.5 Å². The molecule has 2 aromatic rings. The van der Waals surface area contributed by atoms with Gasteiger partial charge in [0.05, 0.1) is 31.2 Å². The normalized spacial score (nSPS) is 13.0. The van der Waals surface area contributed by atoms with E-state index < -0.39 is 22.0 Å². The molecule has 1 amide bonds. The van der Waals surface area contributed by atoms with Gasteiger partial charge in [-0.05, 0) is 36.9 Å². The summed E-state index contributed by atoms with van der Waals surface area (Å²) in [5, 5.41) is 16.2. The monoisotopic (exact) mass is 483 g/mol. The van der Waals surface area contributed by atoms with Gasteiger partial charge in [-0.2, -0.15) is 11.8 Å². The average molecular weight is 484 g/mol. The second-order valence-corrected chi connectivity index (χ2v) is 9.79. The SMILES string of the molecule is CNCc1ccc(CSCCN=C(NCC(O)c2ccc(C(N)=O)cc2)NS(C)(=O)=O)o1. The van der Waals surface area contributed by atoms with E-state index in [0.717, 1.165) is 17.8 Å². The fourth-order valence-electron chi connectivity index (χ4n) is 2.64. The summed E-state index contributed by atoms with van der Waals surface area (Å²) in [5.41, 5.74) is 6.09. The summed E-state index contributed by atoms with van der Waals surface area (Å²) in [6.45, 7) is 1.05. The third kappa shape index (κ3) is 9.30. The van der Waals surface area contributed by atoms with Gasteiger partial charge in [-0.25, -0.2) is 8.42 Å². The summed E-state index contributed by atoms with van der Waals surface area (Å²) in [5.74, 6) is 2.56. The maximum absolute atomic E-state index is 11.6. The van der Waals surface area contributed by atoms with Crippen LogP contribution in [0.1, 0.15) is 33.5 Å². The number of hydrogen-bond donors (Lipinski definition) is 5. The first-order valence-electron chi connectivity index (χ1n) is 9.82. The Kier molecular flexibility index (Phi) is 10.0. The van der Waals surface area contributed by atoms with E-state index in [4.69, 9.17) is 10.2 Å². The highest BCUT2D eigenvalue weighted by atomic mass is 32.2. The van der Waals surface area contributed by atoms with E-state index in [1.54, 1.807) is 23.9 Å². The van der Waals surface area contributed by atoms with Crippen molar-refractivity contribution in [2.24, 2.45) is 10.7 Å². The lowest BCUT2D eigenvalue weighted by Gasteiger charge is -2.15. The highest BCUT2D eigenvalue weighted by molar-refractivity contribution is 7.98. The first-order chi connectivity index (χ1) is 15.2. The number of nitrogens with one attached hydrogen (secondary N) is 3. The standard InChI is InChI=1S/C20H29N5O5S2/c1-22-11-16-7-8-17(30-16)13-31-10-9-23-20(25-32(2,28)29)24-12-18(26)14-3-5-15(6-4-14)19(21)27/h3-8,18,22,26H,9-13H2,1-2H3,(H2,21,27)(H2,23,24,25). The molecule has 0 aliphatic rings. The van der Waals surface area contributed by atoms with Crippen LogP contribution in [0.15, 0.2) is 45.8 Å². The smallest absolute Gasteiger partial charge is 0.248 e. The average Bonchev–Trinajstić information content (AvgIpc) is 3.18. The van der Waals surface area contributed by atoms with Crippen LogP contribution in [-0.2, 0) is 22.3 Å². The molecule has 0 aliphatic carbocycles. The Hall–Kier alpha value is -2.54. The van der Waals surface area contributed by atoms with Crippen LogP contribution >= 0.6 is 11.8 Å². The topological polar surface area (TPSA) is 159 Å². The molecule has 0 aliphatic heterocycles. The third-order valence-corrected chi connectivity index (χ3v) is 5.67. The fraction of sp³-hybridized carbons (Fsp3) is 0.400. The van der Waals surface area contributed by atoms with Crippen molar-refractivity contribution in [3.63, 3.8) is 0 Å². The summed E-state index contributed by atoms with van der Waals surface area (Å²) in [6, 6.07) is 10.1.